The summed E-state index contributed by atoms with van der Waals surface area (Å²) in [6.07, 6.45) is 2.26. The van der Waals surface area contributed by atoms with Crippen LogP contribution in [0.5, 0.6) is 11.5 Å². The fraction of sp³-hybridized carbons (Fsp3) is 0.316. The zero-order valence-electron chi connectivity index (χ0n) is 13.7. The van der Waals surface area contributed by atoms with Gasteiger partial charge in [-0.15, -0.1) is 0 Å². The highest BCUT2D eigenvalue weighted by Crippen LogP contribution is 2.20. The molecule has 3 rings (SSSR count). The number of anilines is 1. The first kappa shape index (κ1) is 16.3. The van der Waals surface area contributed by atoms with E-state index in [4.69, 9.17) is 14.2 Å². The topological polar surface area (TPSA) is 56.8 Å². The van der Waals surface area contributed by atoms with E-state index in [2.05, 4.69) is 5.32 Å². The second-order valence-electron chi connectivity index (χ2n) is 5.66. The number of benzene rings is 2. The molecule has 1 heterocycles. The van der Waals surface area contributed by atoms with E-state index < -0.39 is 0 Å². The van der Waals surface area contributed by atoms with Crippen LogP contribution in [0.1, 0.15) is 23.2 Å². The lowest BCUT2D eigenvalue weighted by Crippen LogP contribution is -2.17. The summed E-state index contributed by atoms with van der Waals surface area (Å²) in [4.78, 5) is 12.4. The maximum Gasteiger partial charge on any atom is 0.255 e. The number of carbonyl (C=O) groups excluding carboxylic acids is 1. The Hall–Kier alpha value is -2.53. The summed E-state index contributed by atoms with van der Waals surface area (Å²) in [6.45, 7) is 1.32. The molecule has 1 atom stereocenters. The first-order valence-electron chi connectivity index (χ1n) is 8.04. The fourth-order valence-electron chi connectivity index (χ4n) is 2.60. The molecule has 1 N–H and O–H groups in total. The predicted octanol–water partition coefficient (Wildman–Crippen LogP) is 3.51. The zero-order valence-corrected chi connectivity index (χ0v) is 13.7. The number of methoxy groups -OCH3 is 1. The Morgan fingerprint density at radius 3 is 2.83 bits per heavy atom. The summed E-state index contributed by atoms with van der Waals surface area (Å²) in [7, 11) is 1.59. The van der Waals surface area contributed by atoms with Crippen molar-refractivity contribution in [1.29, 1.82) is 0 Å². The molecular weight excluding hydrogens is 306 g/mol. The van der Waals surface area contributed by atoms with Gasteiger partial charge in [0.1, 0.15) is 18.1 Å². The first-order valence-corrected chi connectivity index (χ1v) is 8.04. The van der Waals surface area contributed by atoms with E-state index in [1.54, 1.807) is 25.3 Å². The molecule has 1 saturated heterocycles. The van der Waals surface area contributed by atoms with Crippen molar-refractivity contribution >= 4 is 11.6 Å². The van der Waals surface area contributed by atoms with Gasteiger partial charge in [-0.2, -0.15) is 0 Å². The molecular formula is C19H21NO4. The van der Waals surface area contributed by atoms with E-state index in [0.717, 1.165) is 19.4 Å². The monoisotopic (exact) mass is 327 g/mol. The molecule has 1 aliphatic rings. The van der Waals surface area contributed by atoms with Crippen molar-refractivity contribution in [2.24, 2.45) is 0 Å². The van der Waals surface area contributed by atoms with Gasteiger partial charge in [-0.3, -0.25) is 4.79 Å². The molecule has 0 aliphatic carbocycles. The summed E-state index contributed by atoms with van der Waals surface area (Å²) in [5, 5.41) is 2.86. The highest BCUT2D eigenvalue weighted by molar-refractivity contribution is 6.04. The van der Waals surface area contributed by atoms with E-state index in [0.29, 0.717) is 29.4 Å². The van der Waals surface area contributed by atoms with E-state index in [1.165, 1.54) is 0 Å². The number of hydrogen-bond acceptors (Lipinski definition) is 4. The normalized spacial score (nSPS) is 16.6. The quantitative estimate of drug-likeness (QED) is 0.882. The second-order valence-corrected chi connectivity index (χ2v) is 5.66. The number of carbonyl (C=O) groups is 1. The smallest absolute Gasteiger partial charge is 0.255 e. The van der Waals surface area contributed by atoms with Crippen molar-refractivity contribution in [1.82, 2.24) is 0 Å². The minimum Gasteiger partial charge on any atom is -0.497 e. The number of ether oxygens (including phenoxy) is 3. The van der Waals surface area contributed by atoms with Gasteiger partial charge in [-0.1, -0.05) is 12.1 Å². The third-order valence-corrected chi connectivity index (χ3v) is 3.88. The summed E-state index contributed by atoms with van der Waals surface area (Å²) in [5.74, 6) is 1.18. The minimum absolute atomic E-state index is 0.152. The molecule has 2 aromatic rings. The molecule has 1 amide bonds. The molecule has 2 aromatic carbocycles. The Bertz CT molecular complexity index is 695. The summed E-state index contributed by atoms with van der Waals surface area (Å²) in [6, 6.07) is 14.4. The van der Waals surface area contributed by atoms with Crippen molar-refractivity contribution < 1.29 is 19.0 Å². The van der Waals surface area contributed by atoms with Crippen LogP contribution in [0.4, 0.5) is 5.69 Å². The van der Waals surface area contributed by atoms with E-state index in [-0.39, 0.29) is 12.0 Å². The van der Waals surface area contributed by atoms with Crippen molar-refractivity contribution in [2.75, 3.05) is 25.6 Å². The highest BCUT2D eigenvalue weighted by atomic mass is 16.5. The number of nitrogens with one attached hydrogen (secondary N) is 1. The van der Waals surface area contributed by atoms with Crippen LogP contribution >= 0.6 is 0 Å². The molecule has 0 radical (unpaired) electrons. The summed E-state index contributed by atoms with van der Waals surface area (Å²) >= 11 is 0. The van der Waals surface area contributed by atoms with Gasteiger partial charge < -0.3 is 19.5 Å². The van der Waals surface area contributed by atoms with Gasteiger partial charge in [0.15, 0.2) is 0 Å². The highest BCUT2D eigenvalue weighted by Gasteiger charge is 2.16. The van der Waals surface area contributed by atoms with E-state index >= 15 is 0 Å². The van der Waals surface area contributed by atoms with E-state index in [1.807, 2.05) is 30.3 Å². The largest absolute Gasteiger partial charge is 0.497 e. The molecule has 0 spiro atoms. The molecule has 0 aromatic heterocycles. The Morgan fingerprint density at radius 2 is 2.04 bits per heavy atom. The van der Waals surface area contributed by atoms with Gasteiger partial charge in [0.25, 0.3) is 5.91 Å². The van der Waals surface area contributed by atoms with Gasteiger partial charge in [0.05, 0.1) is 13.2 Å². The second kappa shape index (κ2) is 7.84. The molecule has 1 fully saturated rings. The molecule has 1 aliphatic heterocycles. The van der Waals surface area contributed by atoms with Crippen LogP contribution in [-0.4, -0.2) is 32.3 Å². The predicted molar refractivity (Wildman–Crippen MR) is 91.9 cm³/mol. The lowest BCUT2D eigenvalue weighted by molar-refractivity contribution is 0.0679. The standard InChI is InChI=1S/C19H21NO4/c1-22-16-7-3-6-15(12-16)20-19(21)14-5-2-8-17(11-14)24-13-18-9-4-10-23-18/h2-3,5-8,11-12,18H,4,9-10,13H2,1H3,(H,20,21). The Kier molecular flexibility index (Phi) is 5.33. The van der Waals surface area contributed by atoms with Crippen LogP contribution in [-0.2, 0) is 4.74 Å². The molecule has 126 valence electrons. The molecule has 5 heteroatoms. The van der Waals surface area contributed by atoms with Crippen LogP contribution < -0.4 is 14.8 Å². The summed E-state index contributed by atoms with van der Waals surface area (Å²) < 4.78 is 16.4. The average molecular weight is 327 g/mol. The molecule has 24 heavy (non-hydrogen) atoms. The van der Waals surface area contributed by atoms with Crippen LogP contribution in [0, 0.1) is 0 Å². The maximum absolute atomic E-state index is 12.4. The maximum atomic E-state index is 12.4. The number of rotatable bonds is 6. The average Bonchev–Trinajstić information content (AvgIpc) is 3.14. The van der Waals surface area contributed by atoms with Gasteiger partial charge in [0, 0.05) is 23.9 Å². The molecule has 0 bridgehead atoms. The van der Waals surface area contributed by atoms with Gasteiger partial charge in [0.2, 0.25) is 0 Å². The van der Waals surface area contributed by atoms with Crippen LogP contribution in [0.25, 0.3) is 0 Å². The zero-order chi connectivity index (χ0) is 16.8. The Balaban J connectivity index is 1.62. The van der Waals surface area contributed by atoms with Crippen molar-refractivity contribution in [3.05, 3.63) is 54.1 Å². The van der Waals surface area contributed by atoms with Crippen LogP contribution in [0.3, 0.4) is 0 Å². The van der Waals surface area contributed by atoms with Gasteiger partial charge in [-0.25, -0.2) is 0 Å². The minimum atomic E-state index is -0.189. The van der Waals surface area contributed by atoms with Crippen LogP contribution in [0.2, 0.25) is 0 Å². The SMILES string of the molecule is COc1cccc(NC(=O)c2cccc(OCC3CCCO3)c2)c1. The van der Waals surface area contributed by atoms with Crippen molar-refractivity contribution in [3.63, 3.8) is 0 Å². The lowest BCUT2D eigenvalue weighted by atomic mass is 10.2. The third kappa shape index (κ3) is 4.26. The number of amides is 1. The summed E-state index contributed by atoms with van der Waals surface area (Å²) in [5.41, 5.74) is 1.23. The van der Waals surface area contributed by atoms with Crippen molar-refractivity contribution in [3.8, 4) is 11.5 Å². The van der Waals surface area contributed by atoms with Crippen LogP contribution in [0.15, 0.2) is 48.5 Å². The number of hydrogen-bond donors (Lipinski definition) is 1. The van der Waals surface area contributed by atoms with E-state index in [9.17, 15) is 4.79 Å². The lowest BCUT2D eigenvalue weighted by Gasteiger charge is -2.12. The molecule has 1 unspecified atom stereocenters. The third-order valence-electron chi connectivity index (χ3n) is 3.88. The van der Waals surface area contributed by atoms with Gasteiger partial charge >= 0.3 is 0 Å². The van der Waals surface area contributed by atoms with Crippen molar-refractivity contribution in [2.45, 2.75) is 18.9 Å². The Labute approximate surface area is 141 Å². The van der Waals surface area contributed by atoms with Gasteiger partial charge in [-0.05, 0) is 43.2 Å². The fourth-order valence-corrected chi connectivity index (χ4v) is 2.60. The first-order chi connectivity index (χ1) is 11.7. The Morgan fingerprint density at radius 1 is 1.21 bits per heavy atom. The molecule has 0 saturated carbocycles. The molecule has 5 nitrogen and oxygen atoms in total.